The molecular weight excluding hydrogens is 502 g/mol. The Balaban J connectivity index is 2.15. The van der Waals surface area contributed by atoms with E-state index < -0.39 is 37.9 Å². The van der Waals surface area contributed by atoms with E-state index in [9.17, 15) is 32.0 Å². The maximum absolute atomic E-state index is 15.1. The number of halogens is 4. The summed E-state index contributed by atoms with van der Waals surface area (Å²) in [6, 6.07) is 7.28. The summed E-state index contributed by atoms with van der Waals surface area (Å²) in [6.45, 7) is 2.48. The Kier molecular flexibility index (Phi) is 7.35. The molecule has 4 N–H and O–H groups in total. The van der Waals surface area contributed by atoms with Gasteiger partial charge in [0.15, 0.2) is 5.69 Å². The highest BCUT2D eigenvalue weighted by Gasteiger charge is 2.33. The van der Waals surface area contributed by atoms with Crippen molar-refractivity contribution in [2.24, 2.45) is 5.41 Å². The number of nitrogens with zero attached hydrogens (tertiary/aromatic N) is 3. The van der Waals surface area contributed by atoms with Crippen molar-refractivity contribution in [3.8, 4) is 28.5 Å². The van der Waals surface area contributed by atoms with Crippen LogP contribution in [-0.4, -0.2) is 36.6 Å². The standard InChI is InChI=1S/C23H21F4N5O3S/c1-22(2,12-33)11-31-36(34,35)19-8-14(23(25,26)27)4-6-15(19)13-3-5-16(17(24)7-13)21-18(9-28)32-20(29)10-30-21/h3-8,10,31,33H,11-12H2,1-2H3,(H2,29,32). The van der Waals surface area contributed by atoms with E-state index in [4.69, 9.17) is 5.73 Å². The number of nitrogen functional groups attached to an aromatic ring is 1. The van der Waals surface area contributed by atoms with Crippen molar-refractivity contribution in [1.82, 2.24) is 14.7 Å². The average molecular weight is 524 g/mol. The minimum atomic E-state index is -4.83. The van der Waals surface area contributed by atoms with Crippen molar-refractivity contribution in [2.75, 3.05) is 18.9 Å². The first-order chi connectivity index (χ1) is 16.7. The highest BCUT2D eigenvalue weighted by atomic mass is 32.2. The van der Waals surface area contributed by atoms with Crippen LogP contribution in [0.5, 0.6) is 0 Å². The molecule has 3 rings (SSSR count). The maximum atomic E-state index is 15.1. The molecule has 0 radical (unpaired) electrons. The van der Waals surface area contributed by atoms with Crippen LogP contribution in [-0.2, 0) is 16.2 Å². The minimum Gasteiger partial charge on any atom is -0.396 e. The number of aliphatic hydroxyl groups excluding tert-OH is 1. The van der Waals surface area contributed by atoms with Gasteiger partial charge in [-0.2, -0.15) is 18.4 Å². The molecule has 0 atom stereocenters. The number of benzene rings is 2. The second-order valence-corrected chi connectivity index (χ2v) is 10.4. The number of anilines is 1. The lowest BCUT2D eigenvalue weighted by atomic mass is 9.96. The van der Waals surface area contributed by atoms with Crippen molar-refractivity contribution in [1.29, 1.82) is 5.26 Å². The number of nitrogens with one attached hydrogen (secondary N) is 1. The zero-order valence-electron chi connectivity index (χ0n) is 19.1. The molecule has 0 bridgehead atoms. The molecule has 0 spiro atoms. The zero-order chi connectivity index (χ0) is 26.9. The minimum absolute atomic E-state index is 0.0336. The van der Waals surface area contributed by atoms with Crippen LogP contribution in [0, 0.1) is 22.6 Å². The fraction of sp³-hybridized carbons (Fsp3) is 0.261. The zero-order valence-corrected chi connectivity index (χ0v) is 19.9. The predicted octanol–water partition coefficient (Wildman–Crippen LogP) is 3.72. The van der Waals surface area contributed by atoms with Crippen molar-refractivity contribution in [3.63, 3.8) is 0 Å². The first-order valence-corrected chi connectivity index (χ1v) is 11.8. The van der Waals surface area contributed by atoms with Crippen LogP contribution in [0.25, 0.3) is 22.4 Å². The molecule has 36 heavy (non-hydrogen) atoms. The van der Waals surface area contributed by atoms with Gasteiger partial charge < -0.3 is 10.8 Å². The van der Waals surface area contributed by atoms with Gasteiger partial charge in [-0.1, -0.05) is 26.0 Å². The Labute approximate surface area is 204 Å². The molecule has 0 aliphatic heterocycles. The number of nitriles is 1. The Hall–Kier alpha value is -3.60. The molecule has 2 aromatic carbocycles. The lowest BCUT2D eigenvalue weighted by molar-refractivity contribution is -0.137. The summed E-state index contributed by atoms with van der Waals surface area (Å²) >= 11 is 0. The Morgan fingerprint density at radius 2 is 1.81 bits per heavy atom. The molecule has 0 saturated carbocycles. The summed E-state index contributed by atoms with van der Waals surface area (Å²) < 4.78 is 83.5. The highest BCUT2D eigenvalue weighted by Crippen LogP contribution is 2.37. The molecule has 0 aliphatic carbocycles. The average Bonchev–Trinajstić information content (AvgIpc) is 2.82. The van der Waals surface area contributed by atoms with Crippen LogP contribution in [0.1, 0.15) is 25.1 Å². The van der Waals surface area contributed by atoms with Gasteiger partial charge in [0.2, 0.25) is 10.0 Å². The van der Waals surface area contributed by atoms with Gasteiger partial charge in [-0.05, 0) is 29.8 Å². The van der Waals surface area contributed by atoms with Gasteiger partial charge in [-0.25, -0.2) is 27.5 Å². The lowest BCUT2D eigenvalue weighted by Crippen LogP contribution is -2.36. The van der Waals surface area contributed by atoms with Gasteiger partial charge in [-0.3, -0.25) is 0 Å². The smallest absolute Gasteiger partial charge is 0.396 e. The number of hydrogen-bond donors (Lipinski definition) is 3. The summed E-state index contributed by atoms with van der Waals surface area (Å²) in [6.07, 6.45) is -3.70. The normalized spacial score (nSPS) is 12.4. The van der Waals surface area contributed by atoms with Gasteiger partial charge in [0.1, 0.15) is 23.4 Å². The first-order valence-electron chi connectivity index (χ1n) is 10.3. The molecule has 3 aromatic rings. The Bertz CT molecular complexity index is 1450. The van der Waals surface area contributed by atoms with Crippen molar-refractivity contribution in [2.45, 2.75) is 24.9 Å². The van der Waals surface area contributed by atoms with E-state index in [1.54, 1.807) is 19.9 Å². The molecule has 1 heterocycles. The number of aliphatic hydroxyl groups is 1. The number of rotatable bonds is 7. The van der Waals surface area contributed by atoms with Crippen LogP contribution in [0.15, 0.2) is 47.5 Å². The molecule has 0 fully saturated rings. The molecule has 0 unspecified atom stereocenters. The van der Waals surface area contributed by atoms with E-state index in [0.29, 0.717) is 12.1 Å². The second-order valence-electron chi connectivity index (χ2n) is 8.65. The third kappa shape index (κ3) is 5.78. The van der Waals surface area contributed by atoms with Gasteiger partial charge in [0.25, 0.3) is 0 Å². The van der Waals surface area contributed by atoms with E-state index in [1.807, 2.05) is 0 Å². The fourth-order valence-corrected chi connectivity index (χ4v) is 4.63. The van der Waals surface area contributed by atoms with E-state index in [-0.39, 0.29) is 47.0 Å². The molecule has 13 heteroatoms. The van der Waals surface area contributed by atoms with Crippen molar-refractivity contribution < 1.29 is 31.1 Å². The lowest BCUT2D eigenvalue weighted by Gasteiger charge is -2.22. The number of aromatic nitrogens is 2. The summed E-state index contributed by atoms with van der Waals surface area (Å²) in [5, 5.41) is 18.6. The van der Waals surface area contributed by atoms with Gasteiger partial charge in [-0.15, -0.1) is 0 Å². The van der Waals surface area contributed by atoms with Crippen LogP contribution >= 0.6 is 0 Å². The van der Waals surface area contributed by atoms with Crippen LogP contribution in [0.4, 0.5) is 23.4 Å². The van der Waals surface area contributed by atoms with Gasteiger partial charge >= 0.3 is 6.18 Å². The molecule has 1 aromatic heterocycles. The van der Waals surface area contributed by atoms with Crippen molar-refractivity contribution in [3.05, 3.63) is 59.7 Å². The Morgan fingerprint density at radius 3 is 2.39 bits per heavy atom. The molecule has 0 amide bonds. The summed E-state index contributed by atoms with van der Waals surface area (Å²) in [7, 11) is -4.52. The van der Waals surface area contributed by atoms with Gasteiger partial charge in [0, 0.05) is 29.7 Å². The van der Waals surface area contributed by atoms with Crippen LogP contribution in [0.3, 0.4) is 0 Å². The van der Waals surface area contributed by atoms with E-state index in [0.717, 1.165) is 18.3 Å². The van der Waals surface area contributed by atoms with E-state index in [1.165, 1.54) is 12.1 Å². The fourth-order valence-electron chi connectivity index (χ4n) is 3.14. The summed E-state index contributed by atoms with van der Waals surface area (Å²) in [5.74, 6) is -0.968. The molecule has 0 aliphatic rings. The number of nitrogens with two attached hydrogens (primary N) is 1. The largest absolute Gasteiger partial charge is 0.416 e. The highest BCUT2D eigenvalue weighted by molar-refractivity contribution is 7.89. The van der Waals surface area contributed by atoms with Crippen molar-refractivity contribution >= 4 is 15.8 Å². The molecule has 0 saturated heterocycles. The molecule has 190 valence electrons. The predicted molar refractivity (Wildman–Crippen MR) is 123 cm³/mol. The van der Waals surface area contributed by atoms with E-state index in [2.05, 4.69) is 14.7 Å². The SMILES string of the molecule is CC(C)(CO)CNS(=O)(=O)c1cc(C(F)(F)F)ccc1-c1ccc(-c2ncc(N)nc2C#N)c(F)c1. The quantitative estimate of drug-likeness (QED) is 0.401. The second kappa shape index (κ2) is 9.81. The third-order valence-corrected chi connectivity index (χ3v) is 6.64. The third-order valence-electron chi connectivity index (χ3n) is 5.20. The monoisotopic (exact) mass is 523 g/mol. The molecular formula is C23H21F4N5O3S. The van der Waals surface area contributed by atoms with Gasteiger partial charge in [0.05, 0.1) is 16.7 Å². The number of alkyl halides is 3. The topological polar surface area (TPSA) is 142 Å². The maximum Gasteiger partial charge on any atom is 0.416 e. The van der Waals surface area contributed by atoms with Crippen LogP contribution in [0.2, 0.25) is 0 Å². The number of hydrogen-bond acceptors (Lipinski definition) is 7. The van der Waals surface area contributed by atoms with E-state index >= 15 is 4.39 Å². The molecule has 8 nitrogen and oxygen atoms in total. The number of sulfonamides is 1. The summed E-state index contributed by atoms with van der Waals surface area (Å²) in [4.78, 5) is 7.00. The Morgan fingerprint density at radius 1 is 1.14 bits per heavy atom. The first kappa shape index (κ1) is 27.0. The summed E-state index contributed by atoms with van der Waals surface area (Å²) in [5.41, 5.74) is 2.70. The van der Waals surface area contributed by atoms with Crippen LogP contribution < -0.4 is 10.5 Å².